The Morgan fingerprint density at radius 1 is 1.65 bits per heavy atom. The van der Waals surface area contributed by atoms with Crippen molar-refractivity contribution >= 4 is 22.2 Å². The quantitative estimate of drug-likeness (QED) is 0.824. The van der Waals surface area contributed by atoms with Gasteiger partial charge < -0.3 is 16.0 Å². The van der Waals surface area contributed by atoms with Gasteiger partial charge in [0.05, 0.1) is 12.1 Å². The highest BCUT2D eigenvalue weighted by Crippen LogP contribution is 2.22. The van der Waals surface area contributed by atoms with E-state index >= 15 is 0 Å². The number of carbonyl (C=O) groups excluding carboxylic acids is 1. The van der Waals surface area contributed by atoms with E-state index in [4.69, 9.17) is 11.0 Å². The van der Waals surface area contributed by atoms with E-state index in [2.05, 4.69) is 28.2 Å². The number of nitrogens with two attached hydrogens (primary N) is 1. The number of anilines is 1. The molecule has 0 aliphatic carbocycles. The number of hydrogen-bond donors (Lipinski definition) is 2. The summed E-state index contributed by atoms with van der Waals surface area (Å²) in [6.07, 6.45) is 0. The van der Waals surface area contributed by atoms with Crippen LogP contribution in [0.1, 0.15) is 5.56 Å². The van der Waals surface area contributed by atoms with Crippen LogP contribution in [0.4, 0.5) is 5.00 Å². The Balaban J connectivity index is 1.92. The number of piperazine rings is 1. The standard InChI is InChI=1S/C13H19N5OS/c1-17-3-4-18(11(7-15)8-17)9-12(19)16-13-10(6-14)2-5-20-13/h2,5,11H,3-4,7-9,15H2,1H3,(H,16,19). The molecule has 6 nitrogen and oxygen atoms in total. The zero-order valence-corrected chi connectivity index (χ0v) is 12.3. The molecule has 0 radical (unpaired) electrons. The minimum absolute atomic E-state index is 0.0908. The molecule has 1 unspecified atom stereocenters. The summed E-state index contributed by atoms with van der Waals surface area (Å²) >= 11 is 1.37. The fourth-order valence-electron chi connectivity index (χ4n) is 2.32. The number of carbonyl (C=O) groups is 1. The van der Waals surface area contributed by atoms with Crippen LogP contribution in [0.3, 0.4) is 0 Å². The zero-order chi connectivity index (χ0) is 14.5. The van der Waals surface area contributed by atoms with Gasteiger partial charge in [-0.15, -0.1) is 11.3 Å². The second-order valence-electron chi connectivity index (χ2n) is 4.95. The monoisotopic (exact) mass is 293 g/mol. The third-order valence-electron chi connectivity index (χ3n) is 3.47. The molecule has 1 aromatic heterocycles. The molecule has 108 valence electrons. The van der Waals surface area contributed by atoms with Gasteiger partial charge in [-0.3, -0.25) is 9.69 Å². The molecule has 0 spiro atoms. The maximum absolute atomic E-state index is 12.1. The van der Waals surface area contributed by atoms with Crippen molar-refractivity contribution in [3.63, 3.8) is 0 Å². The smallest absolute Gasteiger partial charge is 0.239 e. The van der Waals surface area contributed by atoms with Gasteiger partial charge in [-0.05, 0) is 18.5 Å². The molecule has 1 fully saturated rings. The van der Waals surface area contributed by atoms with Gasteiger partial charge in [-0.2, -0.15) is 5.26 Å². The molecule has 0 saturated carbocycles. The fraction of sp³-hybridized carbons (Fsp3) is 0.538. The van der Waals surface area contributed by atoms with Crippen molar-refractivity contribution in [3.8, 4) is 6.07 Å². The Morgan fingerprint density at radius 2 is 2.45 bits per heavy atom. The van der Waals surface area contributed by atoms with Gasteiger partial charge in [0.1, 0.15) is 11.1 Å². The average Bonchev–Trinajstić information content (AvgIpc) is 2.87. The topological polar surface area (TPSA) is 85.4 Å². The average molecular weight is 293 g/mol. The highest BCUT2D eigenvalue weighted by molar-refractivity contribution is 7.14. The summed E-state index contributed by atoms with van der Waals surface area (Å²) in [5.74, 6) is -0.0908. The number of likely N-dealkylation sites (N-methyl/N-ethyl adjacent to an activating group) is 1. The van der Waals surface area contributed by atoms with Crippen LogP contribution in [-0.4, -0.2) is 61.5 Å². The van der Waals surface area contributed by atoms with Crippen LogP contribution in [0.25, 0.3) is 0 Å². The third-order valence-corrected chi connectivity index (χ3v) is 4.29. The Morgan fingerprint density at radius 3 is 3.15 bits per heavy atom. The lowest BCUT2D eigenvalue weighted by atomic mass is 10.1. The van der Waals surface area contributed by atoms with Crippen LogP contribution in [0.5, 0.6) is 0 Å². The minimum Gasteiger partial charge on any atom is -0.329 e. The van der Waals surface area contributed by atoms with Gasteiger partial charge in [-0.1, -0.05) is 0 Å². The molecular weight excluding hydrogens is 274 g/mol. The number of nitriles is 1. The summed E-state index contributed by atoms with van der Waals surface area (Å²) in [5, 5.41) is 14.1. The number of thiophene rings is 1. The summed E-state index contributed by atoms with van der Waals surface area (Å²) in [4.78, 5) is 16.4. The van der Waals surface area contributed by atoms with Gasteiger partial charge in [-0.25, -0.2) is 0 Å². The van der Waals surface area contributed by atoms with Crippen molar-refractivity contribution in [2.45, 2.75) is 6.04 Å². The fourth-order valence-corrected chi connectivity index (χ4v) is 3.08. The van der Waals surface area contributed by atoms with Crippen molar-refractivity contribution in [1.29, 1.82) is 5.26 Å². The van der Waals surface area contributed by atoms with Crippen LogP contribution in [0.2, 0.25) is 0 Å². The van der Waals surface area contributed by atoms with Crippen molar-refractivity contribution in [1.82, 2.24) is 9.80 Å². The first-order valence-corrected chi connectivity index (χ1v) is 7.42. The number of nitrogens with one attached hydrogen (secondary N) is 1. The van der Waals surface area contributed by atoms with Crippen molar-refractivity contribution in [3.05, 3.63) is 17.0 Å². The molecule has 1 atom stereocenters. The van der Waals surface area contributed by atoms with E-state index in [1.165, 1.54) is 11.3 Å². The molecule has 1 aliphatic rings. The first-order chi connectivity index (χ1) is 9.63. The lowest BCUT2D eigenvalue weighted by molar-refractivity contribution is -0.118. The summed E-state index contributed by atoms with van der Waals surface area (Å²) in [6.45, 7) is 3.51. The number of hydrogen-bond acceptors (Lipinski definition) is 6. The van der Waals surface area contributed by atoms with Gasteiger partial charge >= 0.3 is 0 Å². The number of amides is 1. The second-order valence-corrected chi connectivity index (χ2v) is 5.86. The largest absolute Gasteiger partial charge is 0.329 e. The summed E-state index contributed by atoms with van der Waals surface area (Å²) in [7, 11) is 2.06. The molecule has 2 heterocycles. The normalized spacial score (nSPS) is 20.6. The lowest BCUT2D eigenvalue weighted by Gasteiger charge is -2.38. The first-order valence-electron chi connectivity index (χ1n) is 6.54. The minimum atomic E-state index is -0.0908. The van der Waals surface area contributed by atoms with Crippen molar-refractivity contribution in [2.75, 3.05) is 45.1 Å². The molecule has 1 aromatic rings. The Kier molecular flexibility index (Phi) is 5.09. The summed E-state index contributed by atoms with van der Waals surface area (Å²) < 4.78 is 0. The van der Waals surface area contributed by atoms with Crippen LogP contribution >= 0.6 is 11.3 Å². The predicted octanol–water partition coefficient (Wildman–Crippen LogP) is 0.133. The maximum Gasteiger partial charge on any atom is 0.239 e. The molecular formula is C13H19N5OS. The Bertz CT molecular complexity index is 509. The molecule has 1 amide bonds. The van der Waals surface area contributed by atoms with E-state index in [0.29, 0.717) is 23.7 Å². The first kappa shape index (κ1) is 14.9. The van der Waals surface area contributed by atoms with E-state index < -0.39 is 0 Å². The Hall–Kier alpha value is -1.46. The molecule has 0 aromatic carbocycles. The van der Waals surface area contributed by atoms with E-state index in [1.807, 2.05) is 0 Å². The maximum atomic E-state index is 12.1. The third kappa shape index (κ3) is 3.55. The van der Waals surface area contributed by atoms with Crippen molar-refractivity contribution in [2.24, 2.45) is 5.73 Å². The van der Waals surface area contributed by atoms with E-state index in [-0.39, 0.29) is 11.9 Å². The lowest BCUT2D eigenvalue weighted by Crippen LogP contribution is -2.56. The number of rotatable bonds is 4. The van der Waals surface area contributed by atoms with E-state index in [0.717, 1.165) is 19.6 Å². The van der Waals surface area contributed by atoms with Crippen LogP contribution < -0.4 is 11.1 Å². The summed E-state index contributed by atoms with van der Waals surface area (Å²) in [5.41, 5.74) is 6.28. The molecule has 7 heteroatoms. The van der Waals surface area contributed by atoms with E-state index in [1.54, 1.807) is 11.4 Å². The van der Waals surface area contributed by atoms with Gasteiger partial charge in [0.2, 0.25) is 5.91 Å². The SMILES string of the molecule is CN1CCN(CC(=O)Nc2sccc2C#N)C(CN)C1. The highest BCUT2D eigenvalue weighted by atomic mass is 32.1. The molecule has 1 aliphatic heterocycles. The number of nitrogens with zero attached hydrogens (tertiary/aromatic N) is 3. The van der Waals surface area contributed by atoms with Gasteiger partial charge in [0, 0.05) is 32.2 Å². The van der Waals surface area contributed by atoms with Crippen LogP contribution in [0, 0.1) is 11.3 Å². The van der Waals surface area contributed by atoms with Crippen LogP contribution in [0.15, 0.2) is 11.4 Å². The highest BCUT2D eigenvalue weighted by Gasteiger charge is 2.25. The molecule has 1 saturated heterocycles. The Labute approximate surface area is 122 Å². The zero-order valence-electron chi connectivity index (χ0n) is 11.5. The van der Waals surface area contributed by atoms with Crippen molar-refractivity contribution < 1.29 is 4.79 Å². The van der Waals surface area contributed by atoms with Gasteiger partial charge in [0.25, 0.3) is 0 Å². The molecule has 2 rings (SSSR count). The molecule has 0 bridgehead atoms. The van der Waals surface area contributed by atoms with E-state index in [9.17, 15) is 4.79 Å². The molecule has 20 heavy (non-hydrogen) atoms. The molecule has 3 N–H and O–H groups in total. The van der Waals surface area contributed by atoms with Crippen LogP contribution in [-0.2, 0) is 4.79 Å². The predicted molar refractivity (Wildman–Crippen MR) is 79.6 cm³/mol. The summed E-state index contributed by atoms with van der Waals surface area (Å²) in [6, 6.07) is 3.98. The second kappa shape index (κ2) is 6.81. The van der Waals surface area contributed by atoms with Gasteiger partial charge in [0.15, 0.2) is 0 Å².